The molecule has 2 aromatic rings. The molecule has 5 nitrogen and oxygen atoms in total. The molecular weight excluding hydrogens is 331 g/mol. The number of thiophene rings is 1. The molecule has 0 fully saturated rings. The third-order valence-corrected chi connectivity index (χ3v) is 3.98. The molecule has 24 heavy (non-hydrogen) atoms. The number of methoxy groups -OCH3 is 1. The first-order valence-corrected chi connectivity index (χ1v) is 7.63. The van der Waals surface area contributed by atoms with E-state index in [4.69, 9.17) is 0 Å². The molecule has 0 unspecified atom stereocenters. The SMILES string of the molecule is COC(=O)c1cc(C)sc1NC(=O)/C(C#N)=C/c1cccc(F)c1. The van der Waals surface area contributed by atoms with E-state index in [-0.39, 0.29) is 11.1 Å². The number of rotatable bonds is 4. The predicted molar refractivity (Wildman–Crippen MR) is 89.0 cm³/mol. The maximum Gasteiger partial charge on any atom is 0.340 e. The second-order valence-electron chi connectivity index (χ2n) is 4.77. The van der Waals surface area contributed by atoms with Crippen molar-refractivity contribution in [3.05, 3.63) is 57.7 Å². The van der Waals surface area contributed by atoms with Crippen LogP contribution >= 0.6 is 11.3 Å². The van der Waals surface area contributed by atoms with Crippen molar-refractivity contribution in [3.8, 4) is 6.07 Å². The lowest BCUT2D eigenvalue weighted by molar-refractivity contribution is -0.112. The number of hydrogen-bond donors (Lipinski definition) is 1. The molecule has 0 bridgehead atoms. The summed E-state index contributed by atoms with van der Waals surface area (Å²) in [6.45, 7) is 1.78. The minimum absolute atomic E-state index is 0.206. The fourth-order valence-electron chi connectivity index (χ4n) is 1.95. The number of ether oxygens (including phenoxy) is 1. The topological polar surface area (TPSA) is 79.2 Å². The summed E-state index contributed by atoms with van der Waals surface area (Å²) in [5, 5.41) is 12.0. The number of aryl methyl sites for hydroxylation is 1. The summed E-state index contributed by atoms with van der Waals surface area (Å²) in [6, 6.07) is 8.89. The van der Waals surface area contributed by atoms with Crippen LogP contribution in [0.15, 0.2) is 35.9 Å². The van der Waals surface area contributed by atoms with E-state index in [0.717, 1.165) is 4.88 Å². The molecular formula is C17H13FN2O3S. The highest BCUT2D eigenvalue weighted by atomic mass is 32.1. The second kappa shape index (κ2) is 7.53. The van der Waals surface area contributed by atoms with Gasteiger partial charge in [-0.05, 0) is 36.8 Å². The van der Waals surface area contributed by atoms with E-state index in [0.29, 0.717) is 10.6 Å². The summed E-state index contributed by atoms with van der Waals surface area (Å²) >= 11 is 1.19. The molecule has 2 rings (SSSR count). The highest BCUT2D eigenvalue weighted by Gasteiger charge is 2.19. The Labute approximate surface area is 142 Å². The number of anilines is 1. The molecule has 0 saturated heterocycles. The van der Waals surface area contributed by atoms with Gasteiger partial charge in [-0.1, -0.05) is 12.1 Å². The minimum Gasteiger partial charge on any atom is -0.465 e. The molecule has 7 heteroatoms. The Balaban J connectivity index is 2.28. The second-order valence-corrected chi connectivity index (χ2v) is 6.03. The predicted octanol–water partition coefficient (Wildman–Crippen LogP) is 3.53. The molecule has 1 amide bonds. The molecule has 0 spiro atoms. The normalized spacial score (nSPS) is 10.8. The zero-order chi connectivity index (χ0) is 17.7. The molecule has 0 aliphatic carbocycles. The van der Waals surface area contributed by atoms with Gasteiger partial charge in [-0.15, -0.1) is 11.3 Å². The van der Waals surface area contributed by atoms with Gasteiger partial charge < -0.3 is 10.1 Å². The van der Waals surface area contributed by atoms with E-state index in [9.17, 15) is 19.2 Å². The molecule has 0 aliphatic rings. The van der Waals surface area contributed by atoms with Crippen LogP contribution in [-0.2, 0) is 9.53 Å². The van der Waals surface area contributed by atoms with Crippen molar-refractivity contribution in [2.75, 3.05) is 12.4 Å². The van der Waals surface area contributed by atoms with E-state index in [1.807, 2.05) is 0 Å². The number of halogens is 1. The third kappa shape index (κ3) is 4.06. The third-order valence-electron chi connectivity index (χ3n) is 3.01. The summed E-state index contributed by atoms with van der Waals surface area (Å²) < 4.78 is 17.9. The van der Waals surface area contributed by atoms with Crippen molar-refractivity contribution in [1.29, 1.82) is 5.26 Å². The first-order valence-electron chi connectivity index (χ1n) is 6.82. The van der Waals surface area contributed by atoms with Crippen LogP contribution in [0.4, 0.5) is 9.39 Å². The van der Waals surface area contributed by atoms with Gasteiger partial charge in [-0.25, -0.2) is 9.18 Å². The van der Waals surface area contributed by atoms with Crippen molar-refractivity contribution in [2.24, 2.45) is 0 Å². The van der Waals surface area contributed by atoms with Gasteiger partial charge >= 0.3 is 5.97 Å². The van der Waals surface area contributed by atoms with Crippen LogP contribution in [0.2, 0.25) is 0 Å². The van der Waals surface area contributed by atoms with E-state index in [1.165, 1.54) is 42.7 Å². The van der Waals surface area contributed by atoms with E-state index in [2.05, 4.69) is 10.1 Å². The minimum atomic E-state index is -0.686. The Morgan fingerprint density at radius 3 is 2.75 bits per heavy atom. The van der Waals surface area contributed by atoms with E-state index in [1.54, 1.807) is 25.1 Å². The fraction of sp³-hybridized carbons (Fsp3) is 0.118. The Bertz CT molecular complexity index is 865. The van der Waals surface area contributed by atoms with Gasteiger partial charge in [0.05, 0.1) is 12.7 Å². The van der Waals surface area contributed by atoms with Gasteiger partial charge in [-0.2, -0.15) is 5.26 Å². The first kappa shape index (κ1) is 17.4. The van der Waals surface area contributed by atoms with Crippen LogP contribution in [-0.4, -0.2) is 19.0 Å². The number of carbonyl (C=O) groups is 2. The van der Waals surface area contributed by atoms with Crippen LogP contribution in [0.1, 0.15) is 20.8 Å². The molecule has 1 aromatic heterocycles. The van der Waals surface area contributed by atoms with Crippen molar-refractivity contribution in [2.45, 2.75) is 6.92 Å². The fourth-order valence-corrected chi connectivity index (χ4v) is 2.85. The summed E-state index contributed by atoms with van der Waals surface area (Å²) in [7, 11) is 1.24. The smallest absolute Gasteiger partial charge is 0.340 e. The van der Waals surface area contributed by atoms with Gasteiger partial charge in [0.15, 0.2) is 0 Å². The van der Waals surface area contributed by atoms with Gasteiger partial charge in [0.2, 0.25) is 0 Å². The van der Waals surface area contributed by atoms with Crippen molar-refractivity contribution < 1.29 is 18.7 Å². The number of amides is 1. The van der Waals surface area contributed by atoms with Crippen LogP contribution in [0.3, 0.4) is 0 Å². The average molecular weight is 344 g/mol. The van der Waals surface area contributed by atoms with Crippen LogP contribution < -0.4 is 5.32 Å². The lowest BCUT2D eigenvalue weighted by Gasteiger charge is -2.04. The zero-order valence-electron chi connectivity index (χ0n) is 12.9. The Morgan fingerprint density at radius 2 is 2.12 bits per heavy atom. The lowest BCUT2D eigenvalue weighted by Crippen LogP contribution is -2.15. The molecule has 0 saturated carbocycles. The average Bonchev–Trinajstić information content (AvgIpc) is 2.92. The molecule has 1 heterocycles. The number of esters is 1. The molecule has 0 atom stereocenters. The summed E-state index contributed by atoms with van der Waals surface area (Å²) in [5.74, 6) is -1.74. The monoisotopic (exact) mass is 344 g/mol. The van der Waals surface area contributed by atoms with Gasteiger partial charge in [-0.3, -0.25) is 4.79 Å². The molecule has 0 radical (unpaired) electrons. The first-order chi connectivity index (χ1) is 11.4. The van der Waals surface area contributed by atoms with Gasteiger partial charge in [0.1, 0.15) is 22.5 Å². The van der Waals surface area contributed by atoms with Gasteiger partial charge in [0.25, 0.3) is 5.91 Å². The van der Waals surface area contributed by atoms with Crippen molar-refractivity contribution in [1.82, 2.24) is 0 Å². The number of hydrogen-bond acceptors (Lipinski definition) is 5. The maximum atomic E-state index is 13.2. The van der Waals surface area contributed by atoms with E-state index >= 15 is 0 Å². The largest absolute Gasteiger partial charge is 0.465 e. The van der Waals surface area contributed by atoms with Crippen LogP contribution in [0, 0.1) is 24.1 Å². The number of carbonyl (C=O) groups excluding carboxylic acids is 2. The number of benzene rings is 1. The highest BCUT2D eigenvalue weighted by Crippen LogP contribution is 2.28. The van der Waals surface area contributed by atoms with Crippen molar-refractivity contribution >= 4 is 34.3 Å². The standard InChI is InChI=1S/C17H13FN2O3S/c1-10-6-14(17(22)23-2)16(24-10)20-15(21)12(9-19)7-11-4-3-5-13(18)8-11/h3-8H,1-2H3,(H,20,21)/b12-7+. The Kier molecular flexibility index (Phi) is 5.45. The summed E-state index contributed by atoms with van der Waals surface area (Å²) in [4.78, 5) is 24.8. The Morgan fingerprint density at radius 1 is 1.38 bits per heavy atom. The highest BCUT2D eigenvalue weighted by molar-refractivity contribution is 7.16. The molecule has 1 aromatic carbocycles. The number of nitriles is 1. The maximum absolute atomic E-state index is 13.2. The quantitative estimate of drug-likeness (QED) is 0.523. The molecule has 1 N–H and O–H groups in total. The lowest BCUT2D eigenvalue weighted by atomic mass is 10.1. The van der Waals surface area contributed by atoms with Crippen molar-refractivity contribution in [3.63, 3.8) is 0 Å². The van der Waals surface area contributed by atoms with Crippen LogP contribution in [0.25, 0.3) is 6.08 Å². The zero-order valence-corrected chi connectivity index (χ0v) is 13.7. The Hall–Kier alpha value is -2.98. The van der Waals surface area contributed by atoms with Gasteiger partial charge in [0, 0.05) is 4.88 Å². The number of nitrogens with one attached hydrogen (secondary N) is 1. The van der Waals surface area contributed by atoms with E-state index < -0.39 is 17.7 Å². The number of nitrogens with zero attached hydrogens (tertiary/aromatic N) is 1. The molecule has 0 aliphatic heterocycles. The molecule has 122 valence electrons. The summed E-state index contributed by atoms with van der Waals surface area (Å²) in [6.07, 6.45) is 1.27. The van der Waals surface area contributed by atoms with Crippen LogP contribution in [0.5, 0.6) is 0 Å². The summed E-state index contributed by atoms with van der Waals surface area (Å²) in [5.41, 5.74) is 0.399.